The van der Waals surface area contributed by atoms with Crippen LogP contribution in [0.1, 0.15) is 0 Å². The third kappa shape index (κ3) is 0.959. The highest BCUT2D eigenvalue weighted by atomic mass is 16.6. The Labute approximate surface area is 92.5 Å². The number of carbonyl (C=O) groups excluding carboxylic acids is 3. The molecule has 2 atom stereocenters. The highest BCUT2D eigenvalue weighted by Crippen LogP contribution is 2.35. The van der Waals surface area contributed by atoms with Crippen LogP contribution in [0.3, 0.4) is 0 Å². The number of imide groups is 1. The van der Waals surface area contributed by atoms with Crippen molar-refractivity contribution in [1.82, 2.24) is 20.8 Å². The van der Waals surface area contributed by atoms with Crippen molar-refractivity contribution in [2.24, 2.45) is 0 Å². The molecule has 0 bridgehead atoms. The molecule has 0 aliphatic carbocycles. The number of aliphatic hydroxyl groups is 1. The first-order valence-corrected chi connectivity index (χ1v) is 4.08. The molecular weight excluding hydrogens is 238 g/mol. The maximum absolute atomic E-state index is 11.5. The highest BCUT2D eigenvalue weighted by molar-refractivity contribution is 6.05. The molecule has 2 rings (SSSR count). The number of urea groups is 2. The van der Waals surface area contributed by atoms with Gasteiger partial charge in [-0.25, -0.2) is 21.5 Å². The summed E-state index contributed by atoms with van der Waals surface area (Å²) < 4.78 is 0. The van der Waals surface area contributed by atoms with Crippen LogP contribution in [-0.4, -0.2) is 55.1 Å². The Hall–Kier alpha value is -2.42. The van der Waals surface area contributed by atoms with Gasteiger partial charge in [-0.15, -0.1) is 5.06 Å². The molecule has 0 aromatic carbocycles. The second kappa shape index (κ2) is 2.83. The summed E-state index contributed by atoms with van der Waals surface area (Å²) in [6.45, 7) is 6.81. The zero-order valence-corrected chi connectivity index (χ0v) is 7.91. The SMILES string of the molecule is [C-]#[N+]C12NC(=O)NC1(O)C(=O)N(O)C(=O)N2O. The molecule has 90 valence electrons. The minimum atomic E-state index is -2.98. The van der Waals surface area contributed by atoms with Crippen molar-refractivity contribution in [2.75, 3.05) is 0 Å². The fourth-order valence-corrected chi connectivity index (χ4v) is 1.56. The Morgan fingerprint density at radius 3 is 2.35 bits per heavy atom. The molecule has 2 aliphatic rings. The van der Waals surface area contributed by atoms with E-state index < -0.39 is 39.6 Å². The topological polar surface area (TPSA) is 147 Å². The summed E-state index contributed by atoms with van der Waals surface area (Å²) in [4.78, 5) is 36.4. The summed E-state index contributed by atoms with van der Waals surface area (Å²) in [7, 11) is 0. The summed E-state index contributed by atoms with van der Waals surface area (Å²) in [5.41, 5.74) is -2.98. The molecular formula is C6H5N5O6. The molecule has 2 saturated heterocycles. The van der Waals surface area contributed by atoms with Crippen LogP contribution in [0.2, 0.25) is 0 Å². The van der Waals surface area contributed by atoms with E-state index in [1.54, 1.807) is 10.6 Å². The van der Waals surface area contributed by atoms with Crippen LogP contribution >= 0.6 is 0 Å². The molecule has 2 heterocycles. The maximum atomic E-state index is 11.5. The van der Waals surface area contributed by atoms with Gasteiger partial charge in [0, 0.05) is 0 Å². The Bertz CT molecular complexity index is 486. The lowest BCUT2D eigenvalue weighted by Gasteiger charge is -2.38. The largest absolute Gasteiger partial charge is 0.475 e. The lowest BCUT2D eigenvalue weighted by atomic mass is 10.0. The Morgan fingerprint density at radius 2 is 1.82 bits per heavy atom. The normalized spacial score (nSPS) is 36.2. The van der Waals surface area contributed by atoms with Gasteiger partial charge in [-0.2, -0.15) is 0 Å². The molecule has 0 aromatic heterocycles. The van der Waals surface area contributed by atoms with Crippen molar-refractivity contribution < 1.29 is 29.9 Å². The van der Waals surface area contributed by atoms with Crippen LogP contribution in [-0.2, 0) is 4.79 Å². The van der Waals surface area contributed by atoms with Gasteiger partial charge in [-0.1, -0.05) is 5.06 Å². The number of hydroxylamine groups is 4. The van der Waals surface area contributed by atoms with E-state index in [0.29, 0.717) is 0 Å². The third-order valence-corrected chi connectivity index (χ3v) is 2.42. The maximum Gasteiger partial charge on any atom is 0.475 e. The van der Waals surface area contributed by atoms with Crippen LogP contribution in [0, 0.1) is 6.57 Å². The number of nitrogens with one attached hydrogen (secondary N) is 2. The van der Waals surface area contributed by atoms with Gasteiger partial charge in [0.2, 0.25) is 0 Å². The lowest BCUT2D eigenvalue weighted by molar-refractivity contribution is -0.247. The van der Waals surface area contributed by atoms with Gasteiger partial charge in [0.1, 0.15) is 0 Å². The minimum absolute atomic E-state index is 0.445. The molecule has 11 nitrogen and oxygen atoms in total. The van der Waals surface area contributed by atoms with E-state index in [0.717, 1.165) is 0 Å². The first kappa shape index (κ1) is 11.1. The summed E-state index contributed by atoms with van der Waals surface area (Å²) in [6, 6.07) is -2.85. The van der Waals surface area contributed by atoms with Gasteiger partial charge >= 0.3 is 29.5 Å². The van der Waals surface area contributed by atoms with Crippen LogP contribution in [0.15, 0.2) is 0 Å². The Morgan fingerprint density at radius 1 is 1.24 bits per heavy atom. The van der Waals surface area contributed by atoms with E-state index in [4.69, 9.17) is 11.8 Å². The number of carbonyl (C=O) groups is 3. The third-order valence-electron chi connectivity index (χ3n) is 2.42. The summed E-state index contributed by atoms with van der Waals surface area (Å²) >= 11 is 0. The molecule has 0 spiro atoms. The Balaban J connectivity index is 2.66. The predicted molar refractivity (Wildman–Crippen MR) is 43.6 cm³/mol. The first-order chi connectivity index (χ1) is 7.80. The lowest BCUT2D eigenvalue weighted by Crippen LogP contribution is -2.79. The zero-order valence-electron chi connectivity index (χ0n) is 7.91. The van der Waals surface area contributed by atoms with Crippen molar-refractivity contribution >= 4 is 18.0 Å². The second-order valence-corrected chi connectivity index (χ2v) is 3.28. The van der Waals surface area contributed by atoms with Crippen LogP contribution in [0.4, 0.5) is 9.59 Å². The van der Waals surface area contributed by atoms with Gasteiger partial charge < -0.3 is 5.11 Å². The molecule has 5 amide bonds. The molecule has 17 heavy (non-hydrogen) atoms. The standard InChI is InChI=1S/C6H5N5O6/c1-7-6-5(15,8-3(13)9-6)2(12)10(16)4(14)11(6)17/h15-17H,(H2,8,9,13). The first-order valence-electron chi connectivity index (χ1n) is 4.08. The van der Waals surface area contributed by atoms with Crippen molar-refractivity contribution in [3.05, 3.63) is 11.4 Å². The number of nitrogens with zero attached hydrogens (tertiary/aromatic N) is 3. The molecule has 0 aromatic rings. The Kier molecular flexibility index (Phi) is 1.84. The number of fused-ring (bicyclic) bond motifs is 1. The molecule has 0 saturated carbocycles. The minimum Gasteiger partial charge on any atom is -0.353 e. The summed E-state index contributed by atoms with van der Waals surface area (Å²) in [6.07, 6.45) is 0. The van der Waals surface area contributed by atoms with Crippen molar-refractivity contribution in [3.8, 4) is 0 Å². The van der Waals surface area contributed by atoms with Gasteiger partial charge in [0.25, 0.3) is 0 Å². The smallest absolute Gasteiger partial charge is 0.353 e. The molecule has 2 unspecified atom stereocenters. The van der Waals surface area contributed by atoms with Crippen molar-refractivity contribution in [2.45, 2.75) is 11.5 Å². The van der Waals surface area contributed by atoms with E-state index in [9.17, 15) is 24.7 Å². The molecule has 2 fully saturated rings. The van der Waals surface area contributed by atoms with E-state index in [1.165, 1.54) is 0 Å². The van der Waals surface area contributed by atoms with Gasteiger partial charge in [0.05, 0.1) is 0 Å². The van der Waals surface area contributed by atoms with Gasteiger partial charge in [-0.05, 0) is 0 Å². The summed E-state index contributed by atoms with van der Waals surface area (Å²) in [5, 5.41) is 30.5. The van der Waals surface area contributed by atoms with E-state index in [1.807, 2.05) is 0 Å². The van der Waals surface area contributed by atoms with Crippen molar-refractivity contribution in [1.29, 1.82) is 0 Å². The van der Waals surface area contributed by atoms with Gasteiger partial charge in [0.15, 0.2) is 0 Å². The zero-order chi connectivity index (χ0) is 13.0. The average Bonchev–Trinajstić information content (AvgIpc) is 2.57. The predicted octanol–water partition coefficient (Wildman–Crippen LogP) is -2.40. The highest BCUT2D eigenvalue weighted by Gasteiger charge is 2.79. The number of amides is 5. The summed E-state index contributed by atoms with van der Waals surface area (Å²) in [5.74, 6) is -4.42. The number of hydrogen-bond donors (Lipinski definition) is 5. The molecule has 11 heteroatoms. The molecule has 2 aliphatic heterocycles. The second-order valence-electron chi connectivity index (χ2n) is 3.28. The fraction of sp³-hybridized carbons (Fsp3) is 0.333. The van der Waals surface area contributed by atoms with Crippen LogP contribution in [0.5, 0.6) is 0 Å². The van der Waals surface area contributed by atoms with Crippen LogP contribution < -0.4 is 10.6 Å². The van der Waals surface area contributed by atoms with Gasteiger partial charge in [-0.3, -0.25) is 25.4 Å². The fourth-order valence-electron chi connectivity index (χ4n) is 1.56. The number of hydrogen-bond acceptors (Lipinski definition) is 6. The van der Waals surface area contributed by atoms with E-state index in [-0.39, 0.29) is 0 Å². The van der Waals surface area contributed by atoms with Crippen molar-refractivity contribution in [3.63, 3.8) is 0 Å². The average molecular weight is 243 g/mol. The van der Waals surface area contributed by atoms with Crippen LogP contribution in [0.25, 0.3) is 4.85 Å². The van der Waals surface area contributed by atoms with E-state index >= 15 is 0 Å². The molecule has 5 N–H and O–H groups in total. The van der Waals surface area contributed by atoms with E-state index in [2.05, 4.69) is 4.85 Å². The monoisotopic (exact) mass is 243 g/mol. The number of rotatable bonds is 0. The molecule has 0 radical (unpaired) electrons. The quantitative estimate of drug-likeness (QED) is 0.237.